The summed E-state index contributed by atoms with van der Waals surface area (Å²) in [4.78, 5) is 10.5. The molecule has 0 aliphatic carbocycles. The Labute approximate surface area is 119 Å². The molecule has 0 fully saturated rings. The molecule has 2 heteroatoms. The minimum Gasteiger partial charge on any atom is -0.481 e. The molecule has 2 aromatic rings. The van der Waals surface area contributed by atoms with Crippen LogP contribution in [0.4, 0.5) is 0 Å². The van der Waals surface area contributed by atoms with Crippen molar-refractivity contribution in [3.63, 3.8) is 0 Å². The van der Waals surface area contributed by atoms with Crippen LogP contribution in [-0.4, -0.2) is 11.1 Å². The standard InChI is InChI=1S/C18H18O2/c1-13-9-10-17(11-14(13)2)16-7-3-5-15(12-16)6-4-8-18(19)20/h3-7,9-12H,8H2,1-2H3,(H,19,20)/b6-4+. The zero-order valence-corrected chi connectivity index (χ0v) is 11.8. The van der Waals surface area contributed by atoms with Crippen molar-refractivity contribution >= 4 is 12.0 Å². The lowest BCUT2D eigenvalue weighted by atomic mass is 9.99. The van der Waals surface area contributed by atoms with Gasteiger partial charge in [-0.15, -0.1) is 0 Å². The highest BCUT2D eigenvalue weighted by molar-refractivity contribution is 5.72. The van der Waals surface area contributed by atoms with E-state index in [1.54, 1.807) is 6.08 Å². The number of aryl methyl sites for hydroxylation is 2. The van der Waals surface area contributed by atoms with Crippen molar-refractivity contribution in [3.8, 4) is 11.1 Å². The molecule has 102 valence electrons. The summed E-state index contributed by atoms with van der Waals surface area (Å²) in [5.41, 5.74) is 5.90. The summed E-state index contributed by atoms with van der Waals surface area (Å²) < 4.78 is 0. The van der Waals surface area contributed by atoms with E-state index < -0.39 is 5.97 Å². The van der Waals surface area contributed by atoms with Crippen LogP contribution >= 0.6 is 0 Å². The first-order valence-corrected chi connectivity index (χ1v) is 6.62. The van der Waals surface area contributed by atoms with Crippen molar-refractivity contribution in [1.29, 1.82) is 0 Å². The van der Waals surface area contributed by atoms with Crippen molar-refractivity contribution in [2.75, 3.05) is 0 Å². The number of aliphatic carboxylic acids is 1. The van der Waals surface area contributed by atoms with Gasteiger partial charge in [-0.3, -0.25) is 4.79 Å². The van der Waals surface area contributed by atoms with Gasteiger partial charge in [-0.1, -0.05) is 48.6 Å². The number of carbonyl (C=O) groups is 1. The maximum Gasteiger partial charge on any atom is 0.307 e. The Kier molecular flexibility index (Phi) is 4.36. The van der Waals surface area contributed by atoms with E-state index in [0.29, 0.717) is 0 Å². The lowest BCUT2D eigenvalue weighted by molar-refractivity contribution is -0.135. The van der Waals surface area contributed by atoms with Crippen LogP contribution in [0.25, 0.3) is 17.2 Å². The van der Waals surface area contributed by atoms with Gasteiger partial charge < -0.3 is 5.11 Å². The lowest BCUT2D eigenvalue weighted by Crippen LogP contribution is -1.89. The molecule has 2 aromatic carbocycles. The fourth-order valence-electron chi connectivity index (χ4n) is 2.04. The van der Waals surface area contributed by atoms with Gasteiger partial charge >= 0.3 is 5.97 Å². The molecule has 0 amide bonds. The first kappa shape index (κ1) is 14.1. The van der Waals surface area contributed by atoms with E-state index in [4.69, 9.17) is 5.11 Å². The second-order valence-electron chi connectivity index (χ2n) is 4.92. The smallest absolute Gasteiger partial charge is 0.307 e. The van der Waals surface area contributed by atoms with Crippen LogP contribution in [-0.2, 0) is 4.79 Å². The Bertz CT molecular complexity index is 654. The molecule has 0 spiro atoms. The van der Waals surface area contributed by atoms with E-state index in [2.05, 4.69) is 44.2 Å². The fourth-order valence-corrected chi connectivity index (χ4v) is 2.04. The third-order valence-corrected chi connectivity index (χ3v) is 3.33. The summed E-state index contributed by atoms with van der Waals surface area (Å²) in [6, 6.07) is 14.5. The number of carboxylic acid groups (broad SMARTS) is 1. The molecule has 2 nitrogen and oxygen atoms in total. The predicted octanol–water partition coefficient (Wildman–Crippen LogP) is 4.46. The molecule has 2 rings (SSSR count). The van der Waals surface area contributed by atoms with Crippen LogP contribution in [0, 0.1) is 13.8 Å². The normalized spacial score (nSPS) is 10.9. The summed E-state index contributed by atoms with van der Waals surface area (Å²) in [6.45, 7) is 4.21. The molecule has 20 heavy (non-hydrogen) atoms. The van der Waals surface area contributed by atoms with E-state index in [1.165, 1.54) is 16.7 Å². The van der Waals surface area contributed by atoms with Crippen LogP contribution in [0.3, 0.4) is 0 Å². The van der Waals surface area contributed by atoms with Crippen molar-refractivity contribution in [3.05, 3.63) is 65.2 Å². The summed E-state index contributed by atoms with van der Waals surface area (Å²) >= 11 is 0. The molecular formula is C18H18O2. The maximum absolute atomic E-state index is 10.5. The fraction of sp³-hybridized carbons (Fsp3) is 0.167. The topological polar surface area (TPSA) is 37.3 Å². The Morgan fingerprint density at radius 3 is 2.50 bits per heavy atom. The van der Waals surface area contributed by atoms with Gasteiger partial charge in [0.05, 0.1) is 6.42 Å². The zero-order chi connectivity index (χ0) is 14.5. The quantitative estimate of drug-likeness (QED) is 0.887. The van der Waals surface area contributed by atoms with Gasteiger partial charge in [-0.25, -0.2) is 0 Å². The van der Waals surface area contributed by atoms with Gasteiger partial charge in [0.25, 0.3) is 0 Å². The molecule has 1 N–H and O–H groups in total. The summed E-state index contributed by atoms with van der Waals surface area (Å²) in [5.74, 6) is -0.813. The number of hydrogen-bond acceptors (Lipinski definition) is 1. The highest BCUT2D eigenvalue weighted by Gasteiger charge is 2.00. The first-order valence-electron chi connectivity index (χ1n) is 6.62. The van der Waals surface area contributed by atoms with E-state index in [-0.39, 0.29) is 6.42 Å². The van der Waals surface area contributed by atoms with Gasteiger partial charge in [0.2, 0.25) is 0 Å². The van der Waals surface area contributed by atoms with Gasteiger partial charge in [0.15, 0.2) is 0 Å². The molecule has 0 aliphatic rings. The molecule has 0 aliphatic heterocycles. The Balaban J connectivity index is 2.27. The van der Waals surface area contributed by atoms with Crippen LogP contribution < -0.4 is 0 Å². The SMILES string of the molecule is Cc1ccc(-c2cccc(/C=C/CC(=O)O)c2)cc1C. The lowest BCUT2D eigenvalue weighted by Gasteiger charge is -2.06. The van der Waals surface area contributed by atoms with Crippen LogP contribution in [0.15, 0.2) is 48.5 Å². The molecule has 0 unspecified atom stereocenters. The predicted molar refractivity (Wildman–Crippen MR) is 82.6 cm³/mol. The van der Waals surface area contributed by atoms with Crippen molar-refractivity contribution in [2.24, 2.45) is 0 Å². The van der Waals surface area contributed by atoms with Gasteiger partial charge in [-0.2, -0.15) is 0 Å². The average Bonchev–Trinajstić information content (AvgIpc) is 2.42. The van der Waals surface area contributed by atoms with Gasteiger partial charge in [0, 0.05) is 0 Å². The minimum atomic E-state index is -0.813. The highest BCUT2D eigenvalue weighted by atomic mass is 16.4. The maximum atomic E-state index is 10.5. The number of hydrogen-bond donors (Lipinski definition) is 1. The Morgan fingerprint density at radius 1 is 1.05 bits per heavy atom. The monoisotopic (exact) mass is 266 g/mol. The average molecular weight is 266 g/mol. The van der Waals surface area contributed by atoms with Crippen molar-refractivity contribution in [1.82, 2.24) is 0 Å². The number of rotatable bonds is 4. The molecule has 0 bridgehead atoms. The van der Waals surface area contributed by atoms with Crippen molar-refractivity contribution < 1.29 is 9.90 Å². The van der Waals surface area contributed by atoms with Crippen LogP contribution in [0.1, 0.15) is 23.1 Å². The third kappa shape index (κ3) is 3.58. The molecular weight excluding hydrogens is 248 g/mol. The summed E-state index contributed by atoms with van der Waals surface area (Å²) in [7, 11) is 0. The molecule has 0 saturated heterocycles. The number of benzene rings is 2. The van der Waals surface area contributed by atoms with Crippen LogP contribution in [0.2, 0.25) is 0 Å². The van der Waals surface area contributed by atoms with Gasteiger partial charge in [-0.05, 0) is 47.7 Å². The largest absolute Gasteiger partial charge is 0.481 e. The van der Waals surface area contributed by atoms with Crippen LogP contribution in [0.5, 0.6) is 0 Å². The highest BCUT2D eigenvalue weighted by Crippen LogP contribution is 2.23. The molecule has 0 saturated carbocycles. The second kappa shape index (κ2) is 6.20. The second-order valence-corrected chi connectivity index (χ2v) is 4.92. The Hall–Kier alpha value is -2.35. The zero-order valence-electron chi connectivity index (χ0n) is 11.8. The number of carboxylic acids is 1. The molecule has 0 aromatic heterocycles. The van der Waals surface area contributed by atoms with Gasteiger partial charge in [0.1, 0.15) is 0 Å². The summed E-state index contributed by atoms with van der Waals surface area (Å²) in [6.07, 6.45) is 3.56. The van der Waals surface area contributed by atoms with E-state index in [9.17, 15) is 4.79 Å². The summed E-state index contributed by atoms with van der Waals surface area (Å²) in [5, 5.41) is 8.63. The van der Waals surface area contributed by atoms with E-state index in [1.807, 2.05) is 18.2 Å². The Morgan fingerprint density at radius 2 is 1.80 bits per heavy atom. The molecule has 0 heterocycles. The van der Waals surface area contributed by atoms with E-state index in [0.717, 1.165) is 11.1 Å². The first-order chi connectivity index (χ1) is 9.56. The molecule has 0 atom stereocenters. The van der Waals surface area contributed by atoms with E-state index >= 15 is 0 Å². The molecule has 0 radical (unpaired) electrons. The van der Waals surface area contributed by atoms with Crippen molar-refractivity contribution in [2.45, 2.75) is 20.3 Å². The third-order valence-electron chi connectivity index (χ3n) is 3.33. The minimum absolute atomic E-state index is 0.0495.